The first-order valence-corrected chi connectivity index (χ1v) is 8.42. The van der Waals surface area contributed by atoms with Gasteiger partial charge in [-0.05, 0) is 25.0 Å². The van der Waals surface area contributed by atoms with Crippen molar-refractivity contribution in [2.75, 3.05) is 25.1 Å². The lowest BCUT2D eigenvalue weighted by molar-refractivity contribution is -0.141. The summed E-state index contributed by atoms with van der Waals surface area (Å²) in [7, 11) is -2.23. The number of benzene rings is 1. The number of carbonyl (C=O) groups excluding carboxylic acids is 1. The molecule has 0 amide bonds. The highest BCUT2D eigenvalue weighted by molar-refractivity contribution is 7.89. The van der Waals surface area contributed by atoms with E-state index < -0.39 is 16.1 Å². The average molecular weight is 312 g/mol. The van der Waals surface area contributed by atoms with Crippen LogP contribution < -0.4 is 9.62 Å². The fourth-order valence-corrected chi connectivity index (χ4v) is 3.88. The van der Waals surface area contributed by atoms with Crippen LogP contribution in [0.1, 0.15) is 19.8 Å². The van der Waals surface area contributed by atoms with Crippen molar-refractivity contribution in [3.63, 3.8) is 0 Å². The van der Waals surface area contributed by atoms with Gasteiger partial charge in [0.05, 0.1) is 12.8 Å². The van der Waals surface area contributed by atoms with E-state index in [1.54, 1.807) is 31.2 Å². The van der Waals surface area contributed by atoms with Crippen molar-refractivity contribution >= 4 is 21.7 Å². The van der Waals surface area contributed by atoms with Gasteiger partial charge >= 0.3 is 5.97 Å². The van der Waals surface area contributed by atoms with E-state index in [2.05, 4.69) is 4.72 Å². The van der Waals surface area contributed by atoms with Crippen LogP contribution in [-0.2, 0) is 19.6 Å². The van der Waals surface area contributed by atoms with Crippen LogP contribution in [0.5, 0.6) is 0 Å². The van der Waals surface area contributed by atoms with Gasteiger partial charge < -0.3 is 9.64 Å². The number of sulfonamides is 1. The lowest BCUT2D eigenvalue weighted by Gasteiger charge is -2.26. The molecular formula is C14H20N2O4S. The maximum Gasteiger partial charge on any atom is 0.328 e. The first kappa shape index (κ1) is 15.8. The molecule has 2 rings (SSSR count). The minimum atomic E-state index is -3.58. The van der Waals surface area contributed by atoms with E-state index in [-0.39, 0.29) is 10.9 Å². The molecule has 1 aliphatic rings. The van der Waals surface area contributed by atoms with E-state index >= 15 is 0 Å². The number of esters is 1. The zero-order chi connectivity index (χ0) is 15.5. The van der Waals surface area contributed by atoms with Crippen LogP contribution in [0.2, 0.25) is 0 Å². The minimum absolute atomic E-state index is 0.197. The van der Waals surface area contributed by atoms with Crippen molar-refractivity contribution in [1.29, 1.82) is 0 Å². The Bertz CT molecular complexity index is 615. The van der Waals surface area contributed by atoms with Crippen molar-refractivity contribution in [3.05, 3.63) is 24.3 Å². The predicted octanol–water partition coefficient (Wildman–Crippen LogP) is 1.13. The molecule has 1 aromatic carbocycles. The van der Waals surface area contributed by atoms with Crippen LogP contribution in [0.4, 0.5) is 5.69 Å². The number of carbonyl (C=O) groups is 1. The maximum absolute atomic E-state index is 12.3. The summed E-state index contributed by atoms with van der Waals surface area (Å²) in [5, 5.41) is 0. The molecule has 1 aliphatic heterocycles. The second kappa shape index (κ2) is 6.44. The highest BCUT2D eigenvalue weighted by atomic mass is 32.2. The molecular weight excluding hydrogens is 292 g/mol. The Labute approximate surface area is 125 Å². The minimum Gasteiger partial charge on any atom is -0.467 e. The van der Waals surface area contributed by atoms with Gasteiger partial charge in [0.25, 0.3) is 0 Å². The normalized spacial score (nSPS) is 18.8. The molecule has 0 saturated carbocycles. The first-order valence-electron chi connectivity index (χ1n) is 6.94. The number of anilines is 1. The zero-order valence-corrected chi connectivity index (χ0v) is 13.0. The van der Waals surface area contributed by atoms with Gasteiger partial charge in [-0.3, -0.25) is 0 Å². The van der Waals surface area contributed by atoms with E-state index in [0.717, 1.165) is 6.42 Å². The fraction of sp³-hybridized carbons (Fsp3) is 0.500. The SMILES string of the molecule is CCNS(=O)(=O)c1ccccc1N1CCCC1C(=O)OC. The van der Waals surface area contributed by atoms with Crippen LogP contribution in [0.25, 0.3) is 0 Å². The van der Waals surface area contributed by atoms with Crippen molar-refractivity contribution in [2.45, 2.75) is 30.7 Å². The van der Waals surface area contributed by atoms with E-state index in [9.17, 15) is 13.2 Å². The molecule has 7 heteroatoms. The summed E-state index contributed by atoms with van der Waals surface area (Å²) in [4.78, 5) is 13.9. The van der Waals surface area contributed by atoms with Crippen LogP contribution in [0.3, 0.4) is 0 Å². The summed E-state index contributed by atoms with van der Waals surface area (Å²) in [5.41, 5.74) is 0.548. The summed E-state index contributed by atoms with van der Waals surface area (Å²) in [5.74, 6) is -0.330. The quantitative estimate of drug-likeness (QED) is 0.825. The Balaban J connectivity index is 2.43. The van der Waals surface area contributed by atoms with E-state index in [1.165, 1.54) is 7.11 Å². The lowest BCUT2D eigenvalue weighted by Crippen LogP contribution is -2.38. The summed E-state index contributed by atoms with van der Waals surface area (Å²) in [6.07, 6.45) is 1.50. The molecule has 1 unspecified atom stereocenters. The van der Waals surface area contributed by atoms with Gasteiger partial charge in [0.2, 0.25) is 10.0 Å². The van der Waals surface area contributed by atoms with Gasteiger partial charge in [-0.2, -0.15) is 0 Å². The Morgan fingerprint density at radius 1 is 1.43 bits per heavy atom. The molecule has 1 fully saturated rings. The summed E-state index contributed by atoms with van der Waals surface area (Å²) < 4.78 is 31.9. The molecule has 0 spiro atoms. The third-order valence-corrected chi connectivity index (χ3v) is 5.12. The molecule has 116 valence electrons. The second-order valence-electron chi connectivity index (χ2n) is 4.84. The molecule has 0 aliphatic carbocycles. The summed E-state index contributed by atoms with van der Waals surface area (Å²) >= 11 is 0. The monoisotopic (exact) mass is 312 g/mol. The van der Waals surface area contributed by atoms with E-state index in [0.29, 0.717) is 25.2 Å². The Morgan fingerprint density at radius 2 is 2.14 bits per heavy atom. The lowest BCUT2D eigenvalue weighted by atomic mass is 10.2. The van der Waals surface area contributed by atoms with Gasteiger partial charge in [-0.1, -0.05) is 19.1 Å². The third kappa shape index (κ3) is 3.19. The number of para-hydroxylation sites is 1. The number of hydrogen-bond acceptors (Lipinski definition) is 5. The van der Waals surface area contributed by atoms with Gasteiger partial charge in [0, 0.05) is 13.1 Å². The Kier molecular flexibility index (Phi) is 4.84. The average Bonchev–Trinajstić information content (AvgIpc) is 2.95. The molecule has 0 radical (unpaired) electrons. The smallest absolute Gasteiger partial charge is 0.328 e. The van der Waals surface area contributed by atoms with Crippen molar-refractivity contribution in [2.24, 2.45) is 0 Å². The molecule has 1 saturated heterocycles. The molecule has 1 aromatic rings. The van der Waals surface area contributed by atoms with Crippen LogP contribution in [-0.4, -0.2) is 40.6 Å². The van der Waals surface area contributed by atoms with Crippen molar-refractivity contribution < 1.29 is 17.9 Å². The summed E-state index contributed by atoms with van der Waals surface area (Å²) in [6, 6.07) is 6.31. The first-order chi connectivity index (χ1) is 10.0. The number of ether oxygens (including phenoxy) is 1. The van der Waals surface area contributed by atoms with Gasteiger partial charge in [-0.15, -0.1) is 0 Å². The highest BCUT2D eigenvalue weighted by Gasteiger charge is 2.34. The number of nitrogens with zero attached hydrogens (tertiary/aromatic N) is 1. The molecule has 1 N–H and O–H groups in total. The highest BCUT2D eigenvalue weighted by Crippen LogP contribution is 2.31. The van der Waals surface area contributed by atoms with Crippen LogP contribution in [0, 0.1) is 0 Å². The van der Waals surface area contributed by atoms with Gasteiger partial charge in [0.1, 0.15) is 10.9 Å². The number of methoxy groups -OCH3 is 1. The Hall–Kier alpha value is -1.60. The maximum atomic E-state index is 12.3. The zero-order valence-electron chi connectivity index (χ0n) is 12.2. The molecule has 0 aromatic heterocycles. The predicted molar refractivity (Wildman–Crippen MR) is 79.7 cm³/mol. The van der Waals surface area contributed by atoms with Gasteiger partial charge in [0.15, 0.2) is 0 Å². The Morgan fingerprint density at radius 3 is 2.81 bits per heavy atom. The summed E-state index contributed by atoms with van der Waals surface area (Å²) in [6.45, 7) is 2.68. The van der Waals surface area contributed by atoms with E-state index in [1.807, 2.05) is 4.90 Å². The largest absolute Gasteiger partial charge is 0.467 e. The van der Waals surface area contributed by atoms with Crippen LogP contribution in [0.15, 0.2) is 29.2 Å². The number of rotatable bonds is 5. The fourth-order valence-electron chi connectivity index (χ4n) is 2.63. The molecule has 21 heavy (non-hydrogen) atoms. The molecule has 6 nitrogen and oxygen atoms in total. The third-order valence-electron chi connectivity index (χ3n) is 3.52. The molecule has 1 heterocycles. The van der Waals surface area contributed by atoms with Crippen molar-refractivity contribution in [3.8, 4) is 0 Å². The number of hydrogen-bond donors (Lipinski definition) is 1. The molecule has 1 atom stereocenters. The number of nitrogens with one attached hydrogen (secondary N) is 1. The van der Waals surface area contributed by atoms with Gasteiger partial charge in [-0.25, -0.2) is 17.9 Å². The molecule has 0 bridgehead atoms. The topological polar surface area (TPSA) is 75.7 Å². The van der Waals surface area contributed by atoms with Crippen LogP contribution >= 0.6 is 0 Å². The van der Waals surface area contributed by atoms with Crippen molar-refractivity contribution in [1.82, 2.24) is 4.72 Å². The second-order valence-corrected chi connectivity index (χ2v) is 6.58. The van der Waals surface area contributed by atoms with E-state index in [4.69, 9.17) is 4.74 Å². The standard InChI is InChI=1S/C14H20N2O4S/c1-3-15-21(18,19)13-9-5-4-7-11(13)16-10-6-8-12(16)14(17)20-2/h4-5,7,9,12,15H,3,6,8,10H2,1-2H3.